The van der Waals surface area contributed by atoms with Crippen LogP contribution >= 0.6 is 0 Å². The number of fused-ring (bicyclic) bond motifs is 1. The van der Waals surface area contributed by atoms with Crippen molar-refractivity contribution in [3.8, 4) is 0 Å². The van der Waals surface area contributed by atoms with Crippen molar-refractivity contribution in [3.63, 3.8) is 0 Å². The minimum atomic E-state index is 0.229. The van der Waals surface area contributed by atoms with Gasteiger partial charge in [0.1, 0.15) is 0 Å². The van der Waals surface area contributed by atoms with Gasteiger partial charge in [-0.05, 0) is 49.4 Å². The number of hydrogen-bond acceptors (Lipinski definition) is 3. The number of carbonyl (C=O) groups is 1. The predicted molar refractivity (Wildman–Crippen MR) is 87.1 cm³/mol. The molecule has 0 atom stereocenters. The van der Waals surface area contributed by atoms with E-state index in [-0.39, 0.29) is 5.78 Å². The minimum absolute atomic E-state index is 0.229. The molecule has 1 aliphatic carbocycles. The van der Waals surface area contributed by atoms with Crippen LogP contribution in [0.1, 0.15) is 60.9 Å². The highest BCUT2D eigenvalue weighted by molar-refractivity contribution is 5.98. The Hall–Kier alpha value is -1.35. The molecule has 1 aromatic rings. The fraction of sp³-hybridized carbons (Fsp3) is 0.611. The molecule has 0 unspecified atom stereocenters. The highest BCUT2D eigenvalue weighted by atomic mass is 16.1. The number of Topliss-reactive ketones (excluding diaryl/α,β-unsaturated/α-hetero) is 1. The van der Waals surface area contributed by atoms with Gasteiger partial charge in [-0.15, -0.1) is 0 Å². The first-order valence-corrected chi connectivity index (χ1v) is 8.46. The van der Waals surface area contributed by atoms with Crippen LogP contribution in [0.3, 0.4) is 0 Å². The Morgan fingerprint density at radius 2 is 1.95 bits per heavy atom. The lowest BCUT2D eigenvalue weighted by Crippen LogP contribution is -2.33. The van der Waals surface area contributed by atoms with Crippen LogP contribution < -0.4 is 10.6 Å². The van der Waals surface area contributed by atoms with Gasteiger partial charge >= 0.3 is 0 Å². The zero-order valence-corrected chi connectivity index (χ0v) is 12.8. The monoisotopic (exact) mass is 286 g/mol. The van der Waals surface area contributed by atoms with Crippen molar-refractivity contribution >= 4 is 11.5 Å². The largest absolute Gasteiger partial charge is 0.385 e. The Balaban J connectivity index is 1.57. The third-order valence-corrected chi connectivity index (χ3v) is 4.77. The van der Waals surface area contributed by atoms with Gasteiger partial charge in [0.15, 0.2) is 5.78 Å². The zero-order chi connectivity index (χ0) is 14.5. The Morgan fingerprint density at radius 1 is 1.14 bits per heavy atom. The number of nitrogens with one attached hydrogen (secondary N) is 2. The maximum absolute atomic E-state index is 12.4. The van der Waals surface area contributed by atoms with E-state index in [1.165, 1.54) is 49.8 Å². The summed E-state index contributed by atoms with van der Waals surface area (Å²) < 4.78 is 0. The molecular formula is C18H26N2O. The molecule has 1 fully saturated rings. The molecule has 0 bridgehead atoms. The zero-order valence-electron chi connectivity index (χ0n) is 12.8. The highest BCUT2D eigenvalue weighted by Crippen LogP contribution is 2.23. The Bertz CT molecular complexity index is 490. The van der Waals surface area contributed by atoms with Crippen LogP contribution in [-0.4, -0.2) is 24.9 Å². The number of aryl methyl sites for hydroxylation is 1. The molecule has 3 rings (SSSR count). The van der Waals surface area contributed by atoms with Crippen molar-refractivity contribution in [2.24, 2.45) is 0 Å². The van der Waals surface area contributed by atoms with Crippen molar-refractivity contribution in [1.29, 1.82) is 0 Å². The Morgan fingerprint density at radius 3 is 2.76 bits per heavy atom. The normalized spacial score (nSPS) is 19.4. The molecule has 1 aliphatic heterocycles. The van der Waals surface area contributed by atoms with Crippen molar-refractivity contribution in [3.05, 3.63) is 29.3 Å². The van der Waals surface area contributed by atoms with E-state index in [2.05, 4.69) is 22.8 Å². The first-order chi connectivity index (χ1) is 10.3. The van der Waals surface area contributed by atoms with Crippen LogP contribution in [-0.2, 0) is 6.42 Å². The number of anilines is 1. The van der Waals surface area contributed by atoms with Crippen LogP contribution in [0, 0.1) is 0 Å². The molecule has 0 aromatic heterocycles. The molecular weight excluding hydrogens is 260 g/mol. The Kier molecular flexibility index (Phi) is 4.91. The number of rotatable bonds is 4. The van der Waals surface area contributed by atoms with Crippen LogP contribution in [0.15, 0.2) is 18.2 Å². The molecule has 2 N–H and O–H groups in total. The molecule has 1 aromatic carbocycles. The minimum Gasteiger partial charge on any atom is -0.385 e. The van der Waals surface area contributed by atoms with E-state index in [1.54, 1.807) is 0 Å². The van der Waals surface area contributed by atoms with Gasteiger partial charge in [-0.25, -0.2) is 0 Å². The lowest BCUT2D eigenvalue weighted by Gasteiger charge is -2.19. The molecule has 0 spiro atoms. The second-order valence-electron chi connectivity index (χ2n) is 6.39. The van der Waals surface area contributed by atoms with E-state index in [9.17, 15) is 4.79 Å². The summed E-state index contributed by atoms with van der Waals surface area (Å²) in [6.07, 6.45) is 9.99. The standard InChI is InChI=1S/C18H26N2O/c21-18(13-20-16-7-3-1-2-4-8-16)15-9-10-17-14(12-15)6-5-11-19-17/h9-10,12,16,19-20H,1-8,11,13H2. The van der Waals surface area contributed by atoms with Crippen molar-refractivity contribution in [1.82, 2.24) is 5.32 Å². The molecule has 3 heteroatoms. The average Bonchev–Trinajstić information content (AvgIpc) is 2.81. The van der Waals surface area contributed by atoms with Crippen molar-refractivity contribution < 1.29 is 4.79 Å². The molecule has 0 saturated heterocycles. The van der Waals surface area contributed by atoms with E-state index in [4.69, 9.17) is 0 Å². The number of hydrogen-bond donors (Lipinski definition) is 2. The molecule has 3 nitrogen and oxygen atoms in total. The number of ketones is 1. The van der Waals surface area contributed by atoms with Gasteiger partial charge in [-0.3, -0.25) is 4.79 Å². The first kappa shape index (κ1) is 14.6. The van der Waals surface area contributed by atoms with Crippen LogP contribution in [0.25, 0.3) is 0 Å². The molecule has 2 aliphatic rings. The quantitative estimate of drug-likeness (QED) is 0.657. The first-order valence-electron chi connectivity index (χ1n) is 8.46. The van der Waals surface area contributed by atoms with Crippen LogP contribution in [0.2, 0.25) is 0 Å². The van der Waals surface area contributed by atoms with Crippen molar-refractivity contribution in [2.75, 3.05) is 18.4 Å². The topological polar surface area (TPSA) is 41.1 Å². The summed E-state index contributed by atoms with van der Waals surface area (Å²) in [6, 6.07) is 6.65. The van der Waals surface area contributed by atoms with Crippen LogP contribution in [0.5, 0.6) is 0 Å². The second kappa shape index (κ2) is 7.08. The van der Waals surface area contributed by atoms with Crippen molar-refractivity contribution in [2.45, 2.75) is 57.4 Å². The average molecular weight is 286 g/mol. The maximum atomic E-state index is 12.4. The second-order valence-corrected chi connectivity index (χ2v) is 6.39. The molecule has 21 heavy (non-hydrogen) atoms. The summed E-state index contributed by atoms with van der Waals surface area (Å²) in [4.78, 5) is 12.4. The van der Waals surface area contributed by atoms with Gasteiger partial charge in [-0.1, -0.05) is 25.7 Å². The summed E-state index contributed by atoms with van der Waals surface area (Å²) >= 11 is 0. The summed E-state index contributed by atoms with van der Waals surface area (Å²) in [6.45, 7) is 1.53. The smallest absolute Gasteiger partial charge is 0.176 e. The fourth-order valence-electron chi connectivity index (χ4n) is 3.47. The number of carbonyl (C=O) groups excluding carboxylic acids is 1. The predicted octanol–water partition coefficient (Wildman–Crippen LogP) is 3.54. The summed E-state index contributed by atoms with van der Waals surface area (Å²) in [5.41, 5.74) is 3.36. The third kappa shape index (κ3) is 3.85. The SMILES string of the molecule is O=C(CNC1CCCCCC1)c1ccc2c(c1)CCCN2. The maximum Gasteiger partial charge on any atom is 0.176 e. The lowest BCUT2D eigenvalue weighted by molar-refractivity contribution is 0.0986. The summed E-state index contributed by atoms with van der Waals surface area (Å²) in [5, 5.41) is 6.87. The molecule has 0 radical (unpaired) electrons. The number of benzene rings is 1. The molecule has 114 valence electrons. The van der Waals surface area contributed by atoms with Crippen LogP contribution in [0.4, 0.5) is 5.69 Å². The molecule has 1 saturated carbocycles. The van der Waals surface area contributed by atoms with Gasteiger partial charge < -0.3 is 10.6 Å². The third-order valence-electron chi connectivity index (χ3n) is 4.77. The molecule has 0 amide bonds. The van der Waals surface area contributed by atoms with E-state index >= 15 is 0 Å². The van der Waals surface area contributed by atoms with E-state index < -0.39 is 0 Å². The fourth-order valence-corrected chi connectivity index (χ4v) is 3.47. The van der Waals surface area contributed by atoms with E-state index in [0.717, 1.165) is 24.9 Å². The van der Waals surface area contributed by atoms with Gasteiger partial charge in [0.05, 0.1) is 6.54 Å². The van der Waals surface area contributed by atoms with Gasteiger partial charge in [0.25, 0.3) is 0 Å². The van der Waals surface area contributed by atoms with Gasteiger partial charge in [-0.2, -0.15) is 0 Å². The summed E-state index contributed by atoms with van der Waals surface area (Å²) in [5.74, 6) is 0.229. The lowest BCUT2D eigenvalue weighted by atomic mass is 9.99. The van der Waals surface area contributed by atoms with E-state index in [1.807, 2.05) is 6.07 Å². The highest BCUT2D eigenvalue weighted by Gasteiger charge is 2.15. The van der Waals surface area contributed by atoms with E-state index in [0.29, 0.717) is 12.6 Å². The Labute approximate surface area is 127 Å². The summed E-state index contributed by atoms with van der Waals surface area (Å²) in [7, 11) is 0. The van der Waals surface area contributed by atoms with Gasteiger partial charge in [0, 0.05) is 23.8 Å². The molecule has 1 heterocycles. The van der Waals surface area contributed by atoms with Gasteiger partial charge in [0.2, 0.25) is 0 Å².